The average Bonchev–Trinajstić information content (AvgIpc) is 2.33. The first-order valence-corrected chi connectivity index (χ1v) is 5.71. The van der Waals surface area contributed by atoms with Crippen LogP contribution in [0.15, 0.2) is 30.3 Å². The number of amides is 1. The van der Waals surface area contributed by atoms with Gasteiger partial charge in [-0.05, 0) is 19.2 Å². The molecule has 92 valence electrons. The van der Waals surface area contributed by atoms with E-state index in [4.69, 9.17) is 4.74 Å². The summed E-state index contributed by atoms with van der Waals surface area (Å²) in [5.74, 6) is 0.555. The van der Waals surface area contributed by atoms with Crippen molar-refractivity contribution in [3.05, 3.63) is 30.3 Å². The highest BCUT2D eigenvalue weighted by Crippen LogP contribution is 2.08. The Morgan fingerprint density at radius 3 is 2.47 bits per heavy atom. The topological polar surface area (TPSA) is 44.8 Å². The van der Waals surface area contributed by atoms with Gasteiger partial charge in [-0.2, -0.15) is 0 Å². The Kier molecular flexibility index (Phi) is 3.95. The SMILES string of the molecule is CN1CCN(NC(=O)Oc2ccccc2)CC1. The zero-order valence-electron chi connectivity index (χ0n) is 9.93. The van der Waals surface area contributed by atoms with Crippen LogP contribution in [-0.4, -0.2) is 49.2 Å². The molecular formula is C12H17N3O2. The highest BCUT2D eigenvalue weighted by Gasteiger charge is 2.16. The number of hydrogen-bond acceptors (Lipinski definition) is 4. The van der Waals surface area contributed by atoms with Gasteiger partial charge in [-0.1, -0.05) is 18.2 Å². The minimum Gasteiger partial charge on any atom is -0.409 e. The molecule has 5 heteroatoms. The third kappa shape index (κ3) is 3.72. The van der Waals surface area contributed by atoms with Crippen molar-refractivity contribution in [1.29, 1.82) is 0 Å². The number of para-hydroxylation sites is 1. The summed E-state index contributed by atoms with van der Waals surface area (Å²) < 4.78 is 5.14. The van der Waals surface area contributed by atoms with Gasteiger partial charge in [0.25, 0.3) is 0 Å². The first-order valence-electron chi connectivity index (χ1n) is 5.71. The molecule has 1 aliphatic rings. The van der Waals surface area contributed by atoms with Crippen molar-refractivity contribution in [1.82, 2.24) is 15.3 Å². The fourth-order valence-electron chi connectivity index (χ4n) is 1.67. The van der Waals surface area contributed by atoms with Crippen LogP contribution in [0.5, 0.6) is 5.75 Å². The number of ether oxygens (including phenoxy) is 1. The van der Waals surface area contributed by atoms with Gasteiger partial charge in [0.05, 0.1) is 0 Å². The van der Waals surface area contributed by atoms with E-state index in [1.165, 1.54) is 0 Å². The predicted molar refractivity (Wildman–Crippen MR) is 64.7 cm³/mol. The van der Waals surface area contributed by atoms with Crippen LogP contribution in [-0.2, 0) is 0 Å². The highest BCUT2D eigenvalue weighted by molar-refractivity contribution is 5.69. The molecule has 1 aromatic carbocycles. The van der Waals surface area contributed by atoms with E-state index < -0.39 is 6.09 Å². The molecule has 0 saturated carbocycles. The maximum Gasteiger partial charge on any atom is 0.427 e. The molecule has 0 radical (unpaired) electrons. The maximum absolute atomic E-state index is 11.6. The molecule has 2 rings (SSSR count). The quantitative estimate of drug-likeness (QED) is 0.828. The lowest BCUT2D eigenvalue weighted by molar-refractivity contribution is 0.0977. The fraction of sp³-hybridized carbons (Fsp3) is 0.417. The number of nitrogens with zero attached hydrogens (tertiary/aromatic N) is 2. The van der Waals surface area contributed by atoms with Crippen LogP contribution >= 0.6 is 0 Å². The van der Waals surface area contributed by atoms with Crippen molar-refractivity contribution in [3.63, 3.8) is 0 Å². The molecule has 0 unspecified atom stereocenters. The van der Waals surface area contributed by atoms with Crippen molar-refractivity contribution < 1.29 is 9.53 Å². The number of hydrogen-bond donors (Lipinski definition) is 1. The number of piperazine rings is 1. The van der Waals surface area contributed by atoms with Gasteiger partial charge in [-0.15, -0.1) is 0 Å². The second-order valence-electron chi connectivity index (χ2n) is 4.10. The third-order valence-electron chi connectivity index (χ3n) is 2.71. The van der Waals surface area contributed by atoms with Crippen LogP contribution in [0.3, 0.4) is 0 Å². The number of hydrazine groups is 1. The van der Waals surface area contributed by atoms with E-state index in [-0.39, 0.29) is 0 Å². The maximum atomic E-state index is 11.6. The van der Waals surface area contributed by atoms with Crippen molar-refractivity contribution in [3.8, 4) is 5.75 Å². The van der Waals surface area contributed by atoms with Gasteiger partial charge in [0, 0.05) is 26.2 Å². The molecular weight excluding hydrogens is 218 g/mol. The summed E-state index contributed by atoms with van der Waals surface area (Å²) in [6.07, 6.45) is -0.430. The van der Waals surface area contributed by atoms with E-state index >= 15 is 0 Å². The molecule has 17 heavy (non-hydrogen) atoms. The van der Waals surface area contributed by atoms with Gasteiger partial charge >= 0.3 is 6.09 Å². The second-order valence-corrected chi connectivity index (χ2v) is 4.10. The molecule has 1 N–H and O–H groups in total. The monoisotopic (exact) mass is 235 g/mol. The van der Waals surface area contributed by atoms with Crippen LogP contribution in [0.1, 0.15) is 0 Å². The molecule has 0 aliphatic carbocycles. The fourth-order valence-corrected chi connectivity index (χ4v) is 1.67. The van der Waals surface area contributed by atoms with Crippen molar-refractivity contribution in [2.45, 2.75) is 0 Å². The molecule has 5 nitrogen and oxygen atoms in total. The number of carbonyl (C=O) groups is 1. The molecule has 1 aromatic rings. The molecule has 0 atom stereocenters. The Hall–Kier alpha value is -1.59. The molecule has 1 amide bonds. The Morgan fingerprint density at radius 1 is 1.18 bits per heavy atom. The minimum atomic E-state index is -0.430. The lowest BCUT2D eigenvalue weighted by atomic mass is 10.3. The van der Waals surface area contributed by atoms with E-state index in [1.54, 1.807) is 12.1 Å². The van der Waals surface area contributed by atoms with Crippen molar-refractivity contribution in [2.75, 3.05) is 33.2 Å². The van der Waals surface area contributed by atoms with Gasteiger partial charge < -0.3 is 9.64 Å². The zero-order valence-corrected chi connectivity index (χ0v) is 9.93. The van der Waals surface area contributed by atoms with E-state index in [0.717, 1.165) is 26.2 Å². The van der Waals surface area contributed by atoms with E-state index in [2.05, 4.69) is 17.4 Å². The predicted octanol–water partition coefficient (Wildman–Crippen LogP) is 0.937. The average molecular weight is 235 g/mol. The highest BCUT2D eigenvalue weighted by atomic mass is 16.6. The Balaban J connectivity index is 1.78. The van der Waals surface area contributed by atoms with Gasteiger partial charge in [0.1, 0.15) is 5.75 Å². The normalized spacial score (nSPS) is 17.7. The van der Waals surface area contributed by atoms with Crippen LogP contribution < -0.4 is 10.2 Å². The van der Waals surface area contributed by atoms with Crippen LogP contribution in [0.25, 0.3) is 0 Å². The molecule has 1 heterocycles. The standard InChI is InChI=1S/C12H17N3O2/c1-14-7-9-15(10-8-14)13-12(16)17-11-5-3-2-4-6-11/h2-6H,7-10H2,1H3,(H,13,16). The smallest absolute Gasteiger partial charge is 0.409 e. The molecule has 0 spiro atoms. The van der Waals surface area contributed by atoms with Gasteiger partial charge in [0.15, 0.2) is 0 Å². The summed E-state index contributed by atoms with van der Waals surface area (Å²) in [5, 5.41) is 1.88. The van der Waals surface area contributed by atoms with Crippen LogP contribution in [0, 0.1) is 0 Å². The Bertz CT molecular complexity index is 361. The number of carbonyl (C=O) groups excluding carboxylic acids is 1. The molecule has 1 aliphatic heterocycles. The van der Waals surface area contributed by atoms with E-state index in [0.29, 0.717) is 5.75 Å². The molecule has 1 saturated heterocycles. The van der Waals surface area contributed by atoms with Crippen molar-refractivity contribution >= 4 is 6.09 Å². The summed E-state index contributed by atoms with van der Waals surface area (Å²) in [4.78, 5) is 13.8. The molecule has 1 fully saturated rings. The van der Waals surface area contributed by atoms with Gasteiger partial charge in [-0.3, -0.25) is 5.43 Å². The number of rotatable bonds is 2. The van der Waals surface area contributed by atoms with Gasteiger partial charge in [-0.25, -0.2) is 9.80 Å². The minimum absolute atomic E-state index is 0.430. The van der Waals surface area contributed by atoms with Crippen LogP contribution in [0.4, 0.5) is 4.79 Å². The van der Waals surface area contributed by atoms with Crippen molar-refractivity contribution in [2.24, 2.45) is 0 Å². The first kappa shape index (κ1) is 11.9. The van der Waals surface area contributed by atoms with Crippen LogP contribution in [0.2, 0.25) is 0 Å². The number of likely N-dealkylation sites (N-methyl/N-ethyl adjacent to an activating group) is 1. The third-order valence-corrected chi connectivity index (χ3v) is 2.71. The molecule has 0 aromatic heterocycles. The summed E-state index contributed by atoms with van der Waals surface area (Å²) in [7, 11) is 2.07. The second kappa shape index (κ2) is 5.65. The summed E-state index contributed by atoms with van der Waals surface area (Å²) in [5.41, 5.74) is 2.73. The summed E-state index contributed by atoms with van der Waals surface area (Å²) in [6, 6.07) is 9.05. The number of benzene rings is 1. The Morgan fingerprint density at radius 2 is 1.82 bits per heavy atom. The van der Waals surface area contributed by atoms with E-state index in [1.807, 2.05) is 23.2 Å². The number of nitrogens with one attached hydrogen (secondary N) is 1. The molecule has 0 bridgehead atoms. The first-order chi connectivity index (χ1) is 8.24. The Labute approximate surface area is 101 Å². The van der Waals surface area contributed by atoms with E-state index in [9.17, 15) is 4.79 Å². The largest absolute Gasteiger partial charge is 0.427 e. The summed E-state index contributed by atoms with van der Waals surface area (Å²) >= 11 is 0. The summed E-state index contributed by atoms with van der Waals surface area (Å²) in [6.45, 7) is 3.54. The lowest BCUT2D eigenvalue weighted by Gasteiger charge is -2.31. The van der Waals surface area contributed by atoms with Gasteiger partial charge in [0.2, 0.25) is 0 Å². The lowest BCUT2D eigenvalue weighted by Crippen LogP contribution is -2.53. The zero-order chi connectivity index (χ0) is 12.1.